The third-order valence-corrected chi connectivity index (χ3v) is 5.18. The lowest BCUT2D eigenvalue weighted by atomic mass is 10.1. The molecule has 4 nitrogen and oxygen atoms in total. The summed E-state index contributed by atoms with van der Waals surface area (Å²) < 4.78 is 6.49. The fourth-order valence-corrected chi connectivity index (χ4v) is 3.46. The summed E-state index contributed by atoms with van der Waals surface area (Å²) in [6.45, 7) is 0. The number of oxazole rings is 1. The second-order valence-corrected chi connectivity index (χ2v) is 7.46. The summed E-state index contributed by atoms with van der Waals surface area (Å²) in [5.41, 5.74) is 2.93. The van der Waals surface area contributed by atoms with Crippen molar-refractivity contribution < 1.29 is 9.21 Å². The van der Waals surface area contributed by atoms with Crippen molar-refractivity contribution in [3.05, 3.63) is 80.7 Å². The van der Waals surface area contributed by atoms with Gasteiger partial charge in [-0.05, 0) is 64.5 Å². The number of fused-ring (bicyclic) bond motifs is 1. The first kappa shape index (κ1) is 18.0. The minimum absolute atomic E-state index is 0.236. The van der Waals surface area contributed by atoms with Crippen LogP contribution in [0.3, 0.4) is 0 Å². The Morgan fingerprint density at radius 3 is 2.67 bits per heavy atom. The number of amides is 1. The molecule has 1 heterocycles. The average molecular weight is 462 g/mol. The predicted molar refractivity (Wildman–Crippen MR) is 112 cm³/mol. The number of aromatic nitrogens is 1. The molecule has 0 saturated carbocycles. The van der Waals surface area contributed by atoms with E-state index >= 15 is 0 Å². The van der Waals surface area contributed by atoms with E-state index in [0.717, 1.165) is 0 Å². The average Bonchev–Trinajstić information content (AvgIpc) is 3.06. The molecule has 0 spiro atoms. The SMILES string of the molecule is O=C(Nc1ccc(Cl)c(-c2nc3cc(Cl)ccc3o2)c1)c1ccccc1Br. The van der Waals surface area contributed by atoms with Crippen molar-refractivity contribution in [2.24, 2.45) is 0 Å². The second kappa shape index (κ2) is 7.35. The molecule has 0 bridgehead atoms. The van der Waals surface area contributed by atoms with Crippen molar-refractivity contribution in [3.8, 4) is 11.5 Å². The van der Waals surface area contributed by atoms with Gasteiger partial charge in [-0.3, -0.25) is 4.79 Å². The maximum Gasteiger partial charge on any atom is 0.256 e. The number of nitrogens with zero attached hydrogens (tertiary/aromatic N) is 1. The first-order valence-electron chi connectivity index (χ1n) is 7.93. The van der Waals surface area contributed by atoms with Crippen molar-refractivity contribution in [2.75, 3.05) is 5.32 Å². The zero-order valence-corrected chi connectivity index (χ0v) is 16.8. The Hall–Kier alpha value is -2.34. The Morgan fingerprint density at radius 1 is 1.04 bits per heavy atom. The molecular formula is C20H11BrCl2N2O2. The van der Waals surface area contributed by atoms with Crippen molar-refractivity contribution >= 4 is 61.8 Å². The number of halogens is 3. The maximum atomic E-state index is 12.5. The number of carbonyl (C=O) groups excluding carboxylic acids is 1. The van der Waals surface area contributed by atoms with Crippen LogP contribution in [0.1, 0.15) is 10.4 Å². The van der Waals surface area contributed by atoms with Crippen LogP contribution in [-0.4, -0.2) is 10.9 Å². The number of rotatable bonds is 3. The molecule has 1 aromatic heterocycles. The van der Waals surface area contributed by atoms with Gasteiger partial charge in [0.15, 0.2) is 5.58 Å². The molecule has 1 N–H and O–H groups in total. The highest BCUT2D eigenvalue weighted by Crippen LogP contribution is 2.33. The van der Waals surface area contributed by atoms with Gasteiger partial charge in [0.1, 0.15) is 5.52 Å². The first-order chi connectivity index (χ1) is 13.0. The molecule has 0 aliphatic heterocycles. The summed E-state index contributed by atoms with van der Waals surface area (Å²) in [6, 6.07) is 17.5. The van der Waals surface area contributed by atoms with E-state index < -0.39 is 0 Å². The number of hydrogen-bond donors (Lipinski definition) is 1. The van der Waals surface area contributed by atoms with Gasteiger partial charge in [-0.25, -0.2) is 4.98 Å². The van der Waals surface area contributed by atoms with Gasteiger partial charge in [0, 0.05) is 15.2 Å². The summed E-state index contributed by atoms with van der Waals surface area (Å²) in [5.74, 6) is 0.120. The third-order valence-electron chi connectivity index (χ3n) is 3.92. The van der Waals surface area contributed by atoms with Gasteiger partial charge in [-0.2, -0.15) is 0 Å². The topological polar surface area (TPSA) is 55.1 Å². The van der Waals surface area contributed by atoms with Gasteiger partial charge in [0.25, 0.3) is 5.91 Å². The zero-order chi connectivity index (χ0) is 19.0. The number of carbonyl (C=O) groups is 1. The molecule has 3 aromatic carbocycles. The van der Waals surface area contributed by atoms with E-state index in [2.05, 4.69) is 26.2 Å². The fourth-order valence-electron chi connectivity index (χ4n) is 2.63. The Morgan fingerprint density at radius 2 is 1.85 bits per heavy atom. The third kappa shape index (κ3) is 3.72. The Kier molecular flexibility index (Phi) is 4.91. The van der Waals surface area contributed by atoms with Gasteiger partial charge in [-0.1, -0.05) is 35.3 Å². The Balaban J connectivity index is 1.68. The lowest BCUT2D eigenvalue weighted by Gasteiger charge is -2.08. The minimum atomic E-state index is -0.236. The lowest BCUT2D eigenvalue weighted by Crippen LogP contribution is -2.12. The first-order valence-corrected chi connectivity index (χ1v) is 9.48. The van der Waals surface area contributed by atoms with Crippen LogP contribution in [0.4, 0.5) is 5.69 Å². The summed E-state index contributed by atoms with van der Waals surface area (Å²) in [4.78, 5) is 17.0. The quantitative estimate of drug-likeness (QED) is 0.364. The van der Waals surface area contributed by atoms with E-state index in [4.69, 9.17) is 27.6 Å². The number of hydrogen-bond acceptors (Lipinski definition) is 3. The molecule has 4 rings (SSSR count). The van der Waals surface area contributed by atoms with Crippen molar-refractivity contribution in [1.82, 2.24) is 4.98 Å². The van der Waals surface area contributed by atoms with Crippen LogP contribution in [0, 0.1) is 0 Å². The predicted octanol–water partition coefficient (Wildman–Crippen LogP) is 6.82. The van der Waals surface area contributed by atoms with Crippen LogP contribution in [0.15, 0.2) is 69.6 Å². The van der Waals surface area contributed by atoms with Crippen LogP contribution in [-0.2, 0) is 0 Å². The monoisotopic (exact) mass is 460 g/mol. The van der Waals surface area contributed by atoms with Gasteiger partial charge in [0.05, 0.1) is 16.1 Å². The smallest absolute Gasteiger partial charge is 0.256 e. The number of nitrogens with one attached hydrogen (secondary N) is 1. The van der Waals surface area contributed by atoms with Crippen LogP contribution in [0.2, 0.25) is 10.0 Å². The van der Waals surface area contributed by atoms with Crippen molar-refractivity contribution in [3.63, 3.8) is 0 Å². The van der Waals surface area contributed by atoms with E-state index in [1.54, 1.807) is 48.5 Å². The van der Waals surface area contributed by atoms with Gasteiger partial charge < -0.3 is 9.73 Å². The van der Waals surface area contributed by atoms with Crippen LogP contribution >= 0.6 is 39.1 Å². The maximum absolute atomic E-state index is 12.5. The molecule has 1 amide bonds. The highest BCUT2D eigenvalue weighted by atomic mass is 79.9. The lowest BCUT2D eigenvalue weighted by molar-refractivity contribution is 0.102. The van der Waals surface area contributed by atoms with E-state index in [1.807, 2.05) is 12.1 Å². The zero-order valence-electron chi connectivity index (χ0n) is 13.7. The Labute approximate surface area is 173 Å². The molecule has 0 aliphatic rings. The van der Waals surface area contributed by atoms with Crippen molar-refractivity contribution in [1.29, 1.82) is 0 Å². The standard InChI is InChI=1S/C20H11BrCl2N2O2/c21-15-4-2-1-3-13(15)19(26)24-12-6-7-16(23)14(10-12)20-25-17-9-11(22)5-8-18(17)27-20/h1-10H,(H,24,26). The van der Waals surface area contributed by atoms with Crippen LogP contribution in [0.5, 0.6) is 0 Å². The molecule has 0 atom stereocenters. The number of anilines is 1. The van der Waals surface area contributed by atoms with Crippen molar-refractivity contribution in [2.45, 2.75) is 0 Å². The van der Waals surface area contributed by atoms with E-state index in [0.29, 0.717) is 48.3 Å². The molecule has 0 fully saturated rings. The molecule has 0 unspecified atom stereocenters. The van der Waals surface area contributed by atoms with Gasteiger partial charge in [-0.15, -0.1) is 0 Å². The summed E-state index contributed by atoms with van der Waals surface area (Å²) >= 11 is 15.7. The summed E-state index contributed by atoms with van der Waals surface area (Å²) in [6.07, 6.45) is 0. The van der Waals surface area contributed by atoms with E-state index in [9.17, 15) is 4.79 Å². The molecule has 27 heavy (non-hydrogen) atoms. The van der Waals surface area contributed by atoms with Gasteiger partial charge >= 0.3 is 0 Å². The highest BCUT2D eigenvalue weighted by molar-refractivity contribution is 9.10. The number of benzene rings is 3. The molecule has 4 aromatic rings. The summed E-state index contributed by atoms with van der Waals surface area (Å²) in [5, 5.41) is 3.90. The minimum Gasteiger partial charge on any atom is -0.436 e. The fraction of sp³-hybridized carbons (Fsp3) is 0. The molecular weight excluding hydrogens is 451 g/mol. The second-order valence-electron chi connectivity index (χ2n) is 5.76. The molecule has 134 valence electrons. The van der Waals surface area contributed by atoms with E-state index in [-0.39, 0.29) is 5.91 Å². The van der Waals surface area contributed by atoms with Crippen LogP contribution in [0.25, 0.3) is 22.6 Å². The Bertz CT molecular complexity index is 1170. The molecule has 7 heteroatoms. The summed E-state index contributed by atoms with van der Waals surface area (Å²) in [7, 11) is 0. The van der Waals surface area contributed by atoms with E-state index in [1.165, 1.54) is 0 Å². The normalized spacial score (nSPS) is 10.9. The van der Waals surface area contributed by atoms with Crippen LogP contribution < -0.4 is 5.32 Å². The molecule has 0 aliphatic carbocycles. The largest absolute Gasteiger partial charge is 0.436 e. The van der Waals surface area contributed by atoms with Gasteiger partial charge in [0.2, 0.25) is 5.89 Å². The highest BCUT2D eigenvalue weighted by Gasteiger charge is 2.15. The molecule has 0 saturated heterocycles. The molecule has 0 radical (unpaired) electrons.